The van der Waals surface area contributed by atoms with E-state index in [1.54, 1.807) is 0 Å². The first-order valence-corrected chi connectivity index (χ1v) is 5.72. The van der Waals surface area contributed by atoms with Gasteiger partial charge in [-0.05, 0) is 31.6 Å². The second kappa shape index (κ2) is 4.61. The lowest BCUT2D eigenvalue weighted by Gasteiger charge is -2.02. The molecular formula is C10H14N4OS. The van der Waals surface area contributed by atoms with Gasteiger partial charge in [-0.15, -0.1) is 5.10 Å². The van der Waals surface area contributed by atoms with E-state index in [9.17, 15) is 0 Å². The summed E-state index contributed by atoms with van der Waals surface area (Å²) in [5, 5.41) is 11.0. The lowest BCUT2D eigenvalue weighted by Crippen LogP contribution is -2.02. The number of aryl methyl sites for hydroxylation is 2. The SMILES string of the molecule is CCCCn1nc(C)cc1-c1n[nH]c(=S)o1. The first kappa shape index (κ1) is 11.1. The van der Waals surface area contributed by atoms with Crippen LogP contribution >= 0.6 is 12.2 Å². The monoisotopic (exact) mass is 238 g/mol. The van der Waals surface area contributed by atoms with Gasteiger partial charge in [-0.1, -0.05) is 13.3 Å². The highest BCUT2D eigenvalue weighted by Gasteiger charge is 2.12. The van der Waals surface area contributed by atoms with Crippen LogP contribution in [-0.2, 0) is 6.54 Å². The third-order valence-corrected chi connectivity index (χ3v) is 2.46. The molecule has 0 aromatic carbocycles. The Morgan fingerprint density at radius 1 is 1.56 bits per heavy atom. The van der Waals surface area contributed by atoms with Gasteiger partial charge in [-0.2, -0.15) is 5.10 Å². The standard InChI is InChI=1S/C10H14N4OS/c1-3-4-5-14-8(6-7(2)13-14)9-11-12-10(16)15-9/h6H,3-5H2,1-2H3,(H,12,16). The van der Waals surface area contributed by atoms with Crippen LogP contribution in [0.4, 0.5) is 0 Å². The Balaban J connectivity index is 2.35. The zero-order chi connectivity index (χ0) is 11.5. The van der Waals surface area contributed by atoms with Gasteiger partial charge in [0.25, 0.3) is 10.7 Å². The normalized spacial score (nSPS) is 10.9. The molecule has 0 spiro atoms. The molecule has 5 nitrogen and oxygen atoms in total. The van der Waals surface area contributed by atoms with Crippen LogP contribution in [0.1, 0.15) is 25.5 Å². The second-order valence-corrected chi connectivity index (χ2v) is 4.04. The molecule has 16 heavy (non-hydrogen) atoms. The minimum absolute atomic E-state index is 0.288. The predicted molar refractivity (Wildman–Crippen MR) is 62.6 cm³/mol. The number of aromatic nitrogens is 4. The van der Waals surface area contributed by atoms with Crippen LogP contribution in [0.3, 0.4) is 0 Å². The Hall–Kier alpha value is -1.43. The number of hydrogen-bond acceptors (Lipinski definition) is 4. The average Bonchev–Trinajstić information content (AvgIpc) is 2.81. The average molecular weight is 238 g/mol. The Kier molecular flexibility index (Phi) is 3.19. The van der Waals surface area contributed by atoms with Crippen LogP contribution in [0.2, 0.25) is 0 Å². The van der Waals surface area contributed by atoms with Crippen LogP contribution in [0, 0.1) is 11.8 Å². The highest BCUT2D eigenvalue weighted by molar-refractivity contribution is 7.71. The molecule has 0 atom stereocenters. The molecule has 0 saturated carbocycles. The number of rotatable bonds is 4. The molecule has 2 aromatic rings. The Bertz CT molecular complexity index is 525. The van der Waals surface area contributed by atoms with Crippen LogP contribution in [-0.4, -0.2) is 20.0 Å². The lowest BCUT2D eigenvalue weighted by atomic mass is 10.3. The topological polar surface area (TPSA) is 59.6 Å². The smallest absolute Gasteiger partial charge is 0.284 e. The molecule has 2 heterocycles. The van der Waals surface area contributed by atoms with E-state index >= 15 is 0 Å². The zero-order valence-corrected chi connectivity index (χ0v) is 10.2. The Morgan fingerprint density at radius 2 is 2.38 bits per heavy atom. The van der Waals surface area contributed by atoms with Crippen molar-refractivity contribution in [1.82, 2.24) is 20.0 Å². The van der Waals surface area contributed by atoms with Crippen molar-refractivity contribution >= 4 is 12.2 Å². The summed E-state index contributed by atoms with van der Waals surface area (Å²) >= 11 is 4.86. The Labute approximate surface area is 98.5 Å². The maximum atomic E-state index is 5.29. The Morgan fingerprint density at radius 3 is 3.00 bits per heavy atom. The van der Waals surface area contributed by atoms with Crippen molar-refractivity contribution in [2.24, 2.45) is 0 Å². The van der Waals surface area contributed by atoms with E-state index in [2.05, 4.69) is 22.2 Å². The minimum Gasteiger partial charge on any atom is -0.408 e. The highest BCUT2D eigenvalue weighted by atomic mass is 32.1. The fourth-order valence-electron chi connectivity index (χ4n) is 1.54. The predicted octanol–water partition coefficient (Wildman–Crippen LogP) is 2.70. The van der Waals surface area contributed by atoms with Crippen LogP contribution in [0.15, 0.2) is 10.5 Å². The van der Waals surface area contributed by atoms with E-state index < -0.39 is 0 Å². The van der Waals surface area contributed by atoms with Gasteiger partial charge in [0.05, 0.1) is 5.69 Å². The molecule has 0 saturated heterocycles. The summed E-state index contributed by atoms with van der Waals surface area (Å²) < 4.78 is 7.20. The molecule has 6 heteroatoms. The van der Waals surface area contributed by atoms with Gasteiger partial charge in [-0.3, -0.25) is 4.68 Å². The molecule has 0 unspecified atom stereocenters. The molecular weight excluding hydrogens is 224 g/mol. The maximum Gasteiger partial charge on any atom is 0.284 e. The summed E-state index contributed by atoms with van der Waals surface area (Å²) in [6.07, 6.45) is 2.21. The fraction of sp³-hybridized carbons (Fsp3) is 0.500. The number of hydrogen-bond donors (Lipinski definition) is 1. The van der Waals surface area contributed by atoms with Crippen molar-refractivity contribution < 1.29 is 4.42 Å². The number of nitrogens with one attached hydrogen (secondary N) is 1. The van der Waals surface area contributed by atoms with E-state index in [1.807, 2.05) is 17.7 Å². The summed E-state index contributed by atoms with van der Waals surface area (Å²) in [7, 11) is 0. The van der Waals surface area contributed by atoms with Crippen LogP contribution < -0.4 is 0 Å². The number of unbranched alkanes of at least 4 members (excludes halogenated alkanes) is 1. The van der Waals surface area contributed by atoms with Crippen LogP contribution in [0.25, 0.3) is 11.6 Å². The van der Waals surface area contributed by atoms with Crippen molar-refractivity contribution in [2.45, 2.75) is 33.2 Å². The number of aromatic amines is 1. The van der Waals surface area contributed by atoms with Crippen molar-refractivity contribution in [1.29, 1.82) is 0 Å². The van der Waals surface area contributed by atoms with E-state index in [1.165, 1.54) is 0 Å². The highest BCUT2D eigenvalue weighted by Crippen LogP contribution is 2.18. The molecule has 0 amide bonds. The zero-order valence-electron chi connectivity index (χ0n) is 9.36. The molecule has 0 aliphatic rings. The summed E-state index contributed by atoms with van der Waals surface area (Å²) in [4.78, 5) is 0.288. The van der Waals surface area contributed by atoms with Crippen molar-refractivity contribution in [3.05, 3.63) is 16.6 Å². The molecule has 0 aliphatic heterocycles. The van der Waals surface area contributed by atoms with E-state index in [0.717, 1.165) is 30.8 Å². The van der Waals surface area contributed by atoms with Gasteiger partial charge in [0.15, 0.2) is 0 Å². The summed E-state index contributed by atoms with van der Waals surface area (Å²) in [5.41, 5.74) is 1.83. The van der Waals surface area contributed by atoms with Crippen molar-refractivity contribution in [3.63, 3.8) is 0 Å². The molecule has 0 radical (unpaired) electrons. The molecule has 86 valence electrons. The third-order valence-electron chi connectivity index (χ3n) is 2.28. The summed E-state index contributed by atoms with van der Waals surface area (Å²) in [5.74, 6) is 0.502. The van der Waals surface area contributed by atoms with Gasteiger partial charge >= 0.3 is 0 Å². The molecule has 0 bridgehead atoms. The van der Waals surface area contributed by atoms with Crippen molar-refractivity contribution in [3.8, 4) is 11.6 Å². The largest absolute Gasteiger partial charge is 0.408 e. The van der Waals surface area contributed by atoms with Gasteiger partial charge in [0.1, 0.15) is 5.69 Å². The fourth-order valence-corrected chi connectivity index (χ4v) is 1.66. The summed E-state index contributed by atoms with van der Waals surface area (Å²) in [6, 6.07) is 1.95. The quantitative estimate of drug-likeness (QED) is 0.832. The van der Waals surface area contributed by atoms with E-state index in [0.29, 0.717) is 5.89 Å². The minimum atomic E-state index is 0.288. The van der Waals surface area contributed by atoms with E-state index in [4.69, 9.17) is 16.6 Å². The molecule has 0 aliphatic carbocycles. The van der Waals surface area contributed by atoms with Gasteiger partial charge < -0.3 is 4.42 Å². The second-order valence-electron chi connectivity index (χ2n) is 3.67. The maximum absolute atomic E-state index is 5.29. The number of nitrogens with zero attached hydrogens (tertiary/aromatic N) is 3. The molecule has 1 N–H and O–H groups in total. The molecule has 2 aromatic heterocycles. The van der Waals surface area contributed by atoms with E-state index in [-0.39, 0.29) is 4.84 Å². The summed E-state index contributed by atoms with van der Waals surface area (Å²) in [6.45, 7) is 4.97. The van der Waals surface area contributed by atoms with Gasteiger partial charge in [0.2, 0.25) is 0 Å². The third kappa shape index (κ3) is 2.21. The first-order valence-electron chi connectivity index (χ1n) is 5.31. The lowest BCUT2D eigenvalue weighted by molar-refractivity contribution is 0.526. The van der Waals surface area contributed by atoms with Crippen molar-refractivity contribution in [2.75, 3.05) is 0 Å². The molecule has 0 fully saturated rings. The van der Waals surface area contributed by atoms with Gasteiger partial charge in [-0.25, -0.2) is 5.10 Å². The van der Waals surface area contributed by atoms with Gasteiger partial charge in [0, 0.05) is 6.54 Å². The number of H-pyrrole nitrogens is 1. The molecule has 2 rings (SSSR count). The first-order chi connectivity index (χ1) is 7.70. The van der Waals surface area contributed by atoms with Crippen LogP contribution in [0.5, 0.6) is 0 Å².